The highest BCUT2D eigenvalue weighted by Gasteiger charge is 2.09. The van der Waals surface area contributed by atoms with Crippen molar-refractivity contribution in [3.63, 3.8) is 0 Å². The van der Waals surface area contributed by atoms with E-state index < -0.39 is 0 Å². The molecule has 0 saturated heterocycles. The second-order valence-electron chi connectivity index (χ2n) is 11.8. The molecule has 0 fully saturated rings. The lowest BCUT2D eigenvalue weighted by Crippen LogP contribution is -2.10. The maximum Gasteiger partial charge on any atom is 0.127 e. The summed E-state index contributed by atoms with van der Waals surface area (Å²) in [6, 6.07) is 0. The molecular formula is C35H71NO3. The second-order valence-corrected chi connectivity index (χ2v) is 11.8. The number of nitrogens with zero attached hydrogens (tertiary/aromatic N) is 1. The zero-order valence-corrected chi connectivity index (χ0v) is 27.0. The molecule has 39 heavy (non-hydrogen) atoms. The van der Waals surface area contributed by atoms with Crippen molar-refractivity contribution in [3.8, 4) is 0 Å². The van der Waals surface area contributed by atoms with Crippen molar-refractivity contribution in [2.45, 2.75) is 193 Å². The van der Waals surface area contributed by atoms with Crippen molar-refractivity contribution >= 4 is 6.21 Å². The summed E-state index contributed by atoms with van der Waals surface area (Å²) < 4.78 is 10.5. The molecule has 0 aliphatic rings. The van der Waals surface area contributed by atoms with E-state index in [1.807, 2.05) is 6.21 Å². The Hall–Kier alpha value is -0.610. The molecule has 0 aliphatic carbocycles. The smallest absolute Gasteiger partial charge is 0.127 e. The topological polar surface area (TPSA) is 40.0 Å². The van der Waals surface area contributed by atoms with Gasteiger partial charge in [0.15, 0.2) is 0 Å². The van der Waals surface area contributed by atoms with Gasteiger partial charge in [-0.15, -0.1) is 0 Å². The predicted molar refractivity (Wildman–Crippen MR) is 172 cm³/mol. The van der Waals surface area contributed by atoms with Crippen LogP contribution < -0.4 is 0 Å². The normalized spacial score (nSPS) is 11.8. The Morgan fingerprint density at radius 2 is 0.872 bits per heavy atom. The van der Waals surface area contributed by atoms with Crippen LogP contribution in [0.2, 0.25) is 0 Å². The highest BCUT2D eigenvalue weighted by molar-refractivity contribution is 5.56. The molecule has 234 valence electrons. The average Bonchev–Trinajstić information content (AvgIpc) is 2.95. The third-order valence-corrected chi connectivity index (χ3v) is 7.87. The molecule has 0 atom stereocenters. The molecule has 0 bridgehead atoms. The molecule has 0 N–H and O–H groups in total. The van der Waals surface area contributed by atoms with E-state index in [4.69, 9.17) is 14.3 Å². The zero-order valence-electron chi connectivity index (χ0n) is 27.0. The van der Waals surface area contributed by atoms with Gasteiger partial charge < -0.3 is 14.3 Å². The summed E-state index contributed by atoms with van der Waals surface area (Å²) in [5.74, 6) is 0. The number of rotatable bonds is 34. The van der Waals surface area contributed by atoms with Crippen molar-refractivity contribution in [3.05, 3.63) is 0 Å². The predicted octanol–water partition coefficient (Wildman–Crippen LogP) is 11.6. The van der Waals surface area contributed by atoms with Crippen molar-refractivity contribution in [1.29, 1.82) is 0 Å². The van der Waals surface area contributed by atoms with Crippen LogP contribution in [0.3, 0.4) is 0 Å². The fourth-order valence-corrected chi connectivity index (χ4v) is 5.24. The number of oxime groups is 1. The molecule has 0 heterocycles. The quantitative estimate of drug-likeness (QED) is 0.0452. The minimum Gasteiger partial charge on any atom is -0.393 e. The molecule has 0 aromatic rings. The van der Waals surface area contributed by atoms with Crippen LogP contribution in [0.4, 0.5) is 0 Å². The SMILES string of the molecule is CCCCCCCCCCCCCCC(CCCCCCCCCCCCCC)O/N=C/CCOCCOC. The van der Waals surface area contributed by atoms with Crippen LogP contribution in [0.5, 0.6) is 0 Å². The molecule has 0 aliphatic heterocycles. The molecular weight excluding hydrogens is 482 g/mol. The first kappa shape index (κ1) is 38.4. The van der Waals surface area contributed by atoms with Gasteiger partial charge in [0, 0.05) is 19.7 Å². The summed E-state index contributed by atoms with van der Waals surface area (Å²) >= 11 is 0. The Morgan fingerprint density at radius 3 is 1.26 bits per heavy atom. The van der Waals surface area contributed by atoms with E-state index in [0.717, 1.165) is 19.3 Å². The molecule has 0 spiro atoms. The van der Waals surface area contributed by atoms with E-state index in [-0.39, 0.29) is 6.10 Å². The summed E-state index contributed by atoms with van der Waals surface area (Å²) in [4.78, 5) is 5.96. The van der Waals surface area contributed by atoms with Gasteiger partial charge >= 0.3 is 0 Å². The molecule has 4 nitrogen and oxygen atoms in total. The molecule has 0 aromatic heterocycles. The number of methoxy groups -OCH3 is 1. The Labute approximate surface area is 245 Å². The fourth-order valence-electron chi connectivity index (χ4n) is 5.24. The molecule has 4 heteroatoms. The lowest BCUT2D eigenvalue weighted by Gasteiger charge is -2.15. The Bertz CT molecular complexity index is 429. The summed E-state index contributed by atoms with van der Waals surface area (Å²) in [6.07, 6.45) is 38.8. The number of hydrogen-bond donors (Lipinski definition) is 0. The van der Waals surface area contributed by atoms with Crippen LogP contribution in [-0.2, 0) is 14.3 Å². The van der Waals surface area contributed by atoms with Crippen molar-refractivity contribution < 1.29 is 14.3 Å². The first-order chi connectivity index (χ1) is 19.3. The highest BCUT2D eigenvalue weighted by Crippen LogP contribution is 2.18. The van der Waals surface area contributed by atoms with E-state index in [0.29, 0.717) is 19.8 Å². The van der Waals surface area contributed by atoms with Crippen molar-refractivity contribution in [1.82, 2.24) is 0 Å². The van der Waals surface area contributed by atoms with Gasteiger partial charge in [-0.05, 0) is 25.7 Å². The molecule has 0 radical (unpaired) electrons. The lowest BCUT2D eigenvalue weighted by atomic mass is 10.0. The first-order valence-electron chi connectivity index (χ1n) is 17.6. The van der Waals surface area contributed by atoms with Crippen LogP contribution in [0.25, 0.3) is 0 Å². The van der Waals surface area contributed by atoms with Crippen LogP contribution in [-0.4, -0.2) is 39.2 Å². The molecule has 0 aromatic carbocycles. The average molecular weight is 554 g/mol. The van der Waals surface area contributed by atoms with Crippen LogP contribution in [0.15, 0.2) is 5.16 Å². The van der Waals surface area contributed by atoms with Gasteiger partial charge in [-0.1, -0.05) is 160 Å². The third kappa shape index (κ3) is 33.5. The highest BCUT2D eigenvalue weighted by atomic mass is 16.6. The molecule has 0 saturated carbocycles. The van der Waals surface area contributed by atoms with Gasteiger partial charge in [0.2, 0.25) is 0 Å². The van der Waals surface area contributed by atoms with Gasteiger partial charge in [-0.3, -0.25) is 0 Å². The molecule has 0 rings (SSSR count). The summed E-state index contributed by atoms with van der Waals surface area (Å²) in [5, 5.41) is 4.30. The fraction of sp³-hybridized carbons (Fsp3) is 0.971. The van der Waals surface area contributed by atoms with E-state index in [9.17, 15) is 0 Å². The monoisotopic (exact) mass is 554 g/mol. The first-order valence-corrected chi connectivity index (χ1v) is 17.6. The number of unbranched alkanes of at least 4 members (excludes halogenated alkanes) is 22. The number of ether oxygens (including phenoxy) is 2. The standard InChI is InChI=1S/C35H71NO3/c1-4-6-8-10-12-14-16-18-20-22-24-26-29-35(39-36-31-28-32-38-34-33-37-3)30-27-25-23-21-19-17-15-13-11-9-7-5-2/h31,35H,4-30,32-34H2,1-3H3/b36-31+. The van der Waals surface area contributed by atoms with E-state index >= 15 is 0 Å². The third-order valence-electron chi connectivity index (χ3n) is 7.87. The minimum absolute atomic E-state index is 0.280. The summed E-state index contributed by atoms with van der Waals surface area (Å²) in [7, 11) is 1.70. The van der Waals surface area contributed by atoms with Crippen molar-refractivity contribution in [2.24, 2.45) is 5.16 Å². The maximum atomic E-state index is 5.96. The van der Waals surface area contributed by atoms with Gasteiger partial charge in [-0.2, -0.15) is 0 Å². The van der Waals surface area contributed by atoms with Gasteiger partial charge in [-0.25, -0.2) is 0 Å². The van der Waals surface area contributed by atoms with Gasteiger partial charge in [0.25, 0.3) is 0 Å². The van der Waals surface area contributed by atoms with Gasteiger partial charge in [0.1, 0.15) is 6.10 Å². The van der Waals surface area contributed by atoms with Crippen molar-refractivity contribution in [2.75, 3.05) is 26.9 Å². The van der Waals surface area contributed by atoms with E-state index in [1.54, 1.807) is 7.11 Å². The second kappa shape index (κ2) is 35.4. The van der Waals surface area contributed by atoms with Crippen LogP contribution >= 0.6 is 0 Å². The summed E-state index contributed by atoms with van der Waals surface area (Å²) in [5.41, 5.74) is 0. The molecule has 0 unspecified atom stereocenters. The van der Waals surface area contributed by atoms with E-state index in [1.165, 1.54) is 154 Å². The van der Waals surface area contributed by atoms with Crippen LogP contribution in [0, 0.1) is 0 Å². The Balaban J connectivity index is 3.90. The Kier molecular flexibility index (Phi) is 34.9. The molecule has 0 amide bonds. The summed E-state index contributed by atoms with van der Waals surface area (Å²) in [6.45, 7) is 6.56. The number of hydrogen-bond acceptors (Lipinski definition) is 4. The Morgan fingerprint density at radius 1 is 0.487 bits per heavy atom. The maximum absolute atomic E-state index is 5.96. The zero-order chi connectivity index (χ0) is 28.3. The largest absolute Gasteiger partial charge is 0.393 e. The lowest BCUT2D eigenvalue weighted by molar-refractivity contribution is 0.0426. The van der Waals surface area contributed by atoms with E-state index in [2.05, 4.69) is 19.0 Å². The van der Waals surface area contributed by atoms with Crippen LogP contribution in [0.1, 0.15) is 187 Å². The van der Waals surface area contributed by atoms with Gasteiger partial charge in [0.05, 0.1) is 19.8 Å². The minimum atomic E-state index is 0.280.